The molecule has 1 amide bonds. The lowest BCUT2D eigenvalue weighted by Crippen LogP contribution is -2.13. The number of carbonyl (C=O) groups is 1. The van der Waals surface area contributed by atoms with Gasteiger partial charge in [0.1, 0.15) is 0 Å². The van der Waals surface area contributed by atoms with Crippen molar-refractivity contribution in [2.45, 2.75) is 33.4 Å². The highest BCUT2D eigenvalue weighted by molar-refractivity contribution is 6.05. The second-order valence-corrected chi connectivity index (χ2v) is 6.25. The van der Waals surface area contributed by atoms with E-state index in [1.165, 1.54) is 18.2 Å². The van der Waals surface area contributed by atoms with Crippen LogP contribution in [0.4, 0.5) is 14.5 Å². The molecule has 0 aliphatic heterocycles. The Bertz CT molecular complexity index is 988. The van der Waals surface area contributed by atoms with E-state index in [-0.39, 0.29) is 29.7 Å². The summed E-state index contributed by atoms with van der Waals surface area (Å²) in [6, 6.07) is 5.96. The number of aromatic nitrogens is 3. The smallest absolute Gasteiger partial charge is 0.387 e. The maximum Gasteiger partial charge on any atom is 0.387 e. The number of pyridine rings is 1. The van der Waals surface area contributed by atoms with E-state index in [9.17, 15) is 13.6 Å². The van der Waals surface area contributed by atoms with Crippen LogP contribution < -0.4 is 14.8 Å². The van der Waals surface area contributed by atoms with Crippen LogP contribution in [0.15, 0.2) is 36.7 Å². The number of rotatable bonds is 7. The maximum absolute atomic E-state index is 12.5. The number of hydrogen-bond donors (Lipinski definition) is 1. The van der Waals surface area contributed by atoms with Crippen LogP contribution in [0.25, 0.3) is 11.0 Å². The minimum absolute atomic E-state index is 0.0715. The summed E-state index contributed by atoms with van der Waals surface area (Å²) in [4.78, 5) is 16.9. The molecule has 1 N–H and O–H groups in total. The van der Waals surface area contributed by atoms with Crippen molar-refractivity contribution in [1.29, 1.82) is 0 Å². The number of carbonyl (C=O) groups excluding carboxylic acids is 1. The van der Waals surface area contributed by atoms with E-state index in [0.29, 0.717) is 5.69 Å². The van der Waals surface area contributed by atoms with E-state index in [2.05, 4.69) is 20.1 Å². The molecule has 1 aromatic carbocycles. The lowest BCUT2D eigenvalue weighted by molar-refractivity contribution is -0.0514. The van der Waals surface area contributed by atoms with Crippen molar-refractivity contribution in [3.63, 3.8) is 0 Å². The molecule has 0 atom stereocenters. The van der Waals surface area contributed by atoms with Gasteiger partial charge in [0.2, 0.25) is 0 Å². The monoisotopic (exact) mass is 390 g/mol. The standard InChI is InChI=1S/C19H20F2N4O3/c1-4-27-16-8-12(5-6-15(16)28-19(20)21)18(26)24-14-7-13-9-23-25(11(2)3)17(13)22-10-14/h5-11,19H,4H2,1-3H3,(H,24,26). The van der Waals surface area contributed by atoms with Crippen molar-refractivity contribution >= 4 is 22.6 Å². The average Bonchev–Trinajstić information content (AvgIpc) is 3.06. The van der Waals surface area contributed by atoms with Crippen LogP contribution in [0.1, 0.15) is 37.2 Å². The molecule has 0 saturated heterocycles. The van der Waals surface area contributed by atoms with Crippen molar-refractivity contribution < 1.29 is 23.0 Å². The third-order valence-corrected chi connectivity index (χ3v) is 3.90. The number of fused-ring (bicyclic) bond motifs is 1. The van der Waals surface area contributed by atoms with Crippen LogP contribution in [0.3, 0.4) is 0 Å². The Kier molecular flexibility index (Phi) is 5.72. The van der Waals surface area contributed by atoms with Gasteiger partial charge < -0.3 is 14.8 Å². The van der Waals surface area contributed by atoms with Gasteiger partial charge in [-0.2, -0.15) is 13.9 Å². The fourth-order valence-corrected chi connectivity index (χ4v) is 2.70. The zero-order valence-electron chi connectivity index (χ0n) is 15.6. The summed E-state index contributed by atoms with van der Waals surface area (Å²) in [6.07, 6.45) is 3.22. The number of alkyl halides is 2. The number of nitrogens with zero attached hydrogens (tertiary/aromatic N) is 3. The SMILES string of the molecule is CCOc1cc(C(=O)Nc2cnc3c(cnn3C(C)C)c2)ccc1OC(F)F. The molecule has 0 radical (unpaired) electrons. The van der Waals surface area contributed by atoms with Crippen LogP contribution in [0.2, 0.25) is 0 Å². The Balaban J connectivity index is 1.82. The lowest BCUT2D eigenvalue weighted by Gasteiger charge is -2.13. The molecule has 0 spiro atoms. The Hall–Kier alpha value is -3.23. The summed E-state index contributed by atoms with van der Waals surface area (Å²) < 4.78 is 36.5. The first kappa shape index (κ1) is 19.5. The maximum atomic E-state index is 12.5. The molecule has 3 aromatic rings. The van der Waals surface area contributed by atoms with E-state index < -0.39 is 12.5 Å². The van der Waals surface area contributed by atoms with Crippen molar-refractivity contribution in [3.05, 3.63) is 42.2 Å². The van der Waals surface area contributed by atoms with Gasteiger partial charge in [-0.25, -0.2) is 9.67 Å². The second-order valence-electron chi connectivity index (χ2n) is 6.25. The lowest BCUT2D eigenvalue weighted by atomic mass is 10.2. The Morgan fingerprint density at radius 3 is 2.68 bits per heavy atom. The van der Waals surface area contributed by atoms with Crippen molar-refractivity contribution in [2.24, 2.45) is 0 Å². The summed E-state index contributed by atoms with van der Waals surface area (Å²) in [5.74, 6) is -0.484. The van der Waals surface area contributed by atoms with E-state index >= 15 is 0 Å². The van der Waals surface area contributed by atoms with Gasteiger partial charge in [0.05, 0.1) is 24.7 Å². The first-order valence-electron chi connectivity index (χ1n) is 8.75. The molecule has 3 rings (SSSR count). The number of halogens is 2. The molecule has 0 saturated carbocycles. The van der Waals surface area contributed by atoms with Gasteiger partial charge in [0.25, 0.3) is 5.91 Å². The number of hydrogen-bond acceptors (Lipinski definition) is 5. The topological polar surface area (TPSA) is 78.3 Å². The number of ether oxygens (including phenoxy) is 2. The Morgan fingerprint density at radius 1 is 1.21 bits per heavy atom. The second kappa shape index (κ2) is 8.20. The highest BCUT2D eigenvalue weighted by Gasteiger charge is 2.15. The minimum atomic E-state index is -2.98. The molecule has 2 heterocycles. The molecule has 7 nitrogen and oxygen atoms in total. The first-order valence-corrected chi connectivity index (χ1v) is 8.75. The van der Waals surface area contributed by atoms with E-state index in [4.69, 9.17) is 4.74 Å². The van der Waals surface area contributed by atoms with Gasteiger partial charge >= 0.3 is 6.61 Å². The number of benzene rings is 1. The quantitative estimate of drug-likeness (QED) is 0.652. The van der Waals surface area contributed by atoms with Gasteiger partial charge in [0, 0.05) is 17.0 Å². The molecule has 148 valence electrons. The zero-order valence-corrected chi connectivity index (χ0v) is 15.6. The largest absolute Gasteiger partial charge is 0.490 e. The van der Waals surface area contributed by atoms with Gasteiger partial charge in [-0.15, -0.1) is 0 Å². The first-order chi connectivity index (χ1) is 13.4. The van der Waals surface area contributed by atoms with Crippen LogP contribution in [-0.2, 0) is 0 Å². The third kappa shape index (κ3) is 4.19. The van der Waals surface area contributed by atoms with Gasteiger partial charge in [-0.05, 0) is 45.0 Å². The van der Waals surface area contributed by atoms with Gasteiger partial charge in [0.15, 0.2) is 17.1 Å². The summed E-state index contributed by atoms with van der Waals surface area (Å²) in [5, 5.41) is 7.82. The summed E-state index contributed by atoms with van der Waals surface area (Å²) in [7, 11) is 0. The van der Waals surface area contributed by atoms with Gasteiger partial charge in [-0.3, -0.25) is 4.79 Å². The summed E-state index contributed by atoms with van der Waals surface area (Å²) in [6.45, 7) is 2.97. The molecule has 0 aliphatic rings. The van der Waals surface area contributed by atoms with Crippen molar-refractivity contribution in [1.82, 2.24) is 14.8 Å². The Morgan fingerprint density at radius 2 is 2.00 bits per heavy atom. The van der Waals surface area contributed by atoms with Gasteiger partial charge in [-0.1, -0.05) is 0 Å². The molecular weight excluding hydrogens is 370 g/mol. The van der Waals surface area contributed by atoms with E-state index in [1.807, 2.05) is 13.8 Å². The molecule has 0 bridgehead atoms. The van der Waals surface area contributed by atoms with E-state index in [1.54, 1.807) is 30.1 Å². The minimum Gasteiger partial charge on any atom is -0.490 e. The van der Waals surface area contributed by atoms with E-state index in [0.717, 1.165) is 11.0 Å². The van der Waals surface area contributed by atoms with Crippen LogP contribution in [0, 0.1) is 0 Å². The predicted molar refractivity (Wildman–Crippen MR) is 100 cm³/mol. The fraction of sp³-hybridized carbons (Fsp3) is 0.316. The predicted octanol–water partition coefficient (Wildman–Crippen LogP) is 4.26. The van der Waals surface area contributed by atoms with Crippen molar-refractivity contribution in [3.8, 4) is 11.5 Å². The Labute approximate surface area is 160 Å². The number of anilines is 1. The molecule has 0 unspecified atom stereocenters. The summed E-state index contributed by atoms with van der Waals surface area (Å²) >= 11 is 0. The van der Waals surface area contributed by atoms with Crippen LogP contribution in [0.5, 0.6) is 11.5 Å². The van der Waals surface area contributed by atoms with Crippen LogP contribution in [-0.4, -0.2) is 33.9 Å². The molecule has 0 fully saturated rings. The third-order valence-electron chi connectivity index (χ3n) is 3.90. The van der Waals surface area contributed by atoms with Crippen molar-refractivity contribution in [2.75, 3.05) is 11.9 Å². The highest BCUT2D eigenvalue weighted by Crippen LogP contribution is 2.30. The fourth-order valence-electron chi connectivity index (χ4n) is 2.70. The molecule has 0 aliphatic carbocycles. The average molecular weight is 390 g/mol. The molecule has 2 aromatic heterocycles. The zero-order chi connectivity index (χ0) is 20.3. The summed E-state index contributed by atoms with van der Waals surface area (Å²) in [5.41, 5.74) is 1.45. The number of nitrogens with one attached hydrogen (secondary N) is 1. The normalized spacial score (nSPS) is 11.2. The van der Waals surface area contributed by atoms with Crippen LogP contribution >= 0.6 is 0 Å². The molecular formula is C19H20F2N4O3. The molecule has 9 heteroatoms. The molecule has 28 heavy (non-hydrogen) atoms. The highest BCUT2D eigenvalue weighted by atomic mass is 19.3. The number of amides is 1.